The van der Waals surface area contributed by atoms with Gasteiger partial charge in [-0.3, -0.25) is 4.79 Å². The number of hydrogen-bond donors (Lipinski definition) is 1. The lowest BCUT2D eigenvalue weighted by Crippen LogP contribution is -2.81. The van der Waals surface area contributed by atoms with Crippen molar-refractivity contribution in [1.82, 2.24) is 4.90 Å². The third-order valence-electron chi connectivity index (χ3n) is 3.42. The van der Waals surface area contributed by atoms with Crippen molar-refractivity contribution in [2.24, 2.45) is 5.92 Å². The van der Waals surface area contributed by atoms with Gasteiger partial charge in [0.05, 0.1) is 19.0 Å². The van der Waals surface area contributed by atoms with Crippen LogP contribution in [0.2, 0.25) is 0 Å². The Morgan fingerprint density at radius 1 is 1.15 bits per heavy atom. The van der Waals surface area contributed by atoms with Crippen LogP contribution in [0.3, 0.4) is 0 Å². The summed E-state index contributed by atoms with van der Waals surface area (Å²) in [5, 5.41) is 11.0. The number of carboxylic acid groups (broad SMARTS) is 1. The molecule has 2 aliphatic heterocycles. The Morgan fingerprint density at radius 2 is 1.70 bits per heavy atom. The number of aliphatic carboxylic acids is 1. The van der Waals surface area contributed by atoms with Gasteiger partial charge in [0.1, 0.15) is 5.97 Å². The lowest BCUT2D eigenvalue weighted by Gasteiger charge is -2.28. The van der Waals surface area contributed by atoms with Gasteiger partial charge in [-0.2, -0.15) is 13.2 Å². The molecule has 0 aromatic carbocycles. The third kappa shape index (κ3) is 5.36. The number of carbonyl (C=O) groups excluding carboxylic acids is 2. The Morgan fingerprint density at radius 3 is 2.10 bits per heavy atom. The molecule has 0 aromatic heterocycles. The van der Waals surface area contributed by atoms with E-state index in [0.29, 0.717) is 11.8 Å². The van der Waals surface area contributed by atoms with Crippen LogP contribution < -0.4 is 10.4 Å². The van der Waals surface area contributed by atoms with Gasteiger partial charge in [-0.15, -0.1) is 0 Å². The SMILES string of the molecule is O=C([C@H]1CC[NH2+]C1)N1CCCCC1.O=C([O-])C(F)(F)F. The zero-order valence-electron chi connectivity index (χ0n) is 11.1. The van der Waals surface area contributed by atoms with E-state index in [1.807, 2.05) is 0 Å². The van der Waals surface area contributed by atoms with E-state index in [-0.39, 0.29) is 0 Å². The molecule has 8 heteroatoms. The summed E-state index contributed by atoms with van der Waals surface area (Å²) in [5.74, 6) is -2.25. The van der Waals surface area contributed by atoms with Crippen molar-refractivity contribution in [2.75, 3.05) is 26.2 Å². The second-order valence-corrected chi connectivity index (χ2v) is 4.97. The van der Waals surface area contributed by atoms with Crippen LogP contribution in [-0.2, 0) is 9.59 Å². The summed E-state index contributed by atoms with van der Waals surface area (Å²) in [5.41, 5.74) is 0. The monoisotopic (exact) mass is 296 g/mol. The molecule has 2 aliphatic rings. The Bertz CT molecular complexity index is 335. The number of amides is 1. The fourth-order valence-corrected chi connectivity index (χ4v) is 2.35. The van der Waals surface area contributed by atoms with Crippen LogP contribution in [0.25, 0.3) is 0 Å². The van der Waals surface area contributed by atoms with E-state index in [1.165, 1.54) is 19.3 Å². The molecule has 0 radical (unpaired) electrons. The van der Waals surface area contributed by atoms with Crippen LogP contribution in [0.15, 0.2) is 0 Å². The van der Waals surface area contributed by atoms with E-state index >= 15 is 0 Å². The van der Waals surface area contributed by atoms with E-state index in [2.05, 4.69) is 10.2 Å². The summed E-state index contributed by atoms with van der Waals surface area (Å²) in [6.45, 7) is 4.18. The maximum Gasteiger partial charge on any atom is 0.430 e. The van der Waals surface area contributed by atoms with E-state index in [9.17, 15) is 18.0 Å². The number of halogens is 3. The first-order valence-corrected chi connectivity index (χ1v) is 6.71. The molecule has 0 bridgehead atoms. The molecule has 0 spiro atoms. The Hall–Kier alpha value is -1.31. The molecule has 5 nitrogen and oxygen atoms in total. The standard InChI is InChI=1S/C10H18N2O.C2HF3O2/c13-10(9-4-5-11-8-9)12-6-2-1-3-7-12;3-2(4,5)1(6)7/h9,11H,1-8H2;(H,6,7)/t9-;/m0./s1. The van der Waals surface area contributed by atoms with Gasteiger partial charge < -0.3 is 20.1 Å². The number of carboxylic acids is 1. The maximum absolute atomic E-state index is 11.9. The number of nitrogens with two attached hydrogens (primary N) is 1. The number of nitrogens with zero attached hydrogens (tertiary/aromatic N) is 1. The first kappa shape index (κ1) is 16.7. The number of hydrogen-bond acceptors (Lipinski definition) is 3. The van der Waals surface area contributed by atoms with Crippen molar-refractivity contribution in [3.8, 4) is 0 Å². The van der Waals surface area contributed by atoms with E-state index in [1.54, 1.807) is 0 Å². The van der Waals surface area contributed by atoms with Crippen molar-refractivity contribution in [3.05, 3.63) is 0 Å². The van der Waals surface area contributed by atoms with Crippen molar-refractivity contribution in [3.63, 3.8) is 0 Å². The second kappa shape index (κ2) is 7.47. The van der Waals surface area contributed by atoms with Crippen LogP contribution in [0.5, 0.6) is 0 Å². The Kier molecular flexibility index (Phi) is 6.25. The fourth-order valence-electron chi connectivity index (χ4n) is 2.35. The summed E-state index contributed by atoms with van der Waals surface area (Å²) >= 11 is 0. The number of piperidine rings is 1. The van der Waals surface area contributed by atoms with Crippen LogP contribution in [0.4, 0.5) is 13.2 Å². The quantitative estimate of drug-likeness (QED) is 0.666. The molecule has 20 heavy (non-hydrogen) atoms. The smallest absolute Gasteiger partial charge is 0.430 e. The Balaban J connectivity index is 0.000000246. The van der Waals surface area contributed by atoms with Crippen molar-refractivity contribution in [1.29, 1.82) is 0 Å². The van der Waals surface area contributed by atoms with Gasteiger partial charge >= 0.3 is 6.18 Å². The summed E-state index contributed by atoms with van der Waals surface area (Å²) < 4.78 is 31.5. The predicted molar refractivity (Wildman–Crippen MR) is 61.3 cm³/mol. The predicted octanol–water partition coefficient (Wildman–Crippen LogP) is -1.12. The van der Waals surface area contributed by atoms with E-state index in [0.717, 1.165) is 32.6 Å². The van der Waals surface area contributed by atoms with Crippen LogP contribution in [-0.4, -0.2) is 49.1 Å². The molecule has 0 aliphatic carbocycles. The molecule has 2 heterocycles. The van der Waals surface area contributed by atoms with Gasteiger partial charge in [-0.25, -0.2) is 0 Å². The highest BCUT2D eigenvalue weighted by Crippen LogP contribution is 2.14. The first-order chi connectivity index (χ1) is 9.32. The number of rotatable bonds is 1. The van der Waals surface area contributed by atoms with Crippen LogP contribution in [0.1, 0.15) is 25.7 Å². The van der Waals surface area contributed by atoms with Crippen molar-refractivity contribution >= 4 is 11.9 Å². The highest BCUT2D eigenvalue weighted by molar-refractivity contribution is 5.79. The number of alkyl halides is 3. The summed E-state index contributed by atoms with van der Waals surface area (Å²) in [6.07, 6.45) is -0.375. The second-order valence-electron chi connectivity index (χ2n) is 4.97. The summed E-state index contributed by atoms with van der Waals surface area (Å²) in [7, 11) is 0. The maximum atomic E-state index is 11.9. The lowest BCUT2D eigenvalue weighted by atomic mass is 10.0. The van der Waals surface area contributed by atoms with Gasteiger partial charge in [-0.1, -0.05) is 0 Å². The summed E-state index contributed by atoms with van der Waals surface area (Å²) in [6, 6.07) is 0. The number of likely N-dealkylation sites (tertiary alicyclic amines) is 1. The van der Waals surface area contributed by atoms with Gasteiger partial charge in [0, 0.05) is 19.5 Å². The molecule has 2 N–H and O–H groups in total. The molecule has 0 aromatic rings. The zero-order valence-corrected chi connectivity index (χ0v) is 11.1. The van der Waals surface area contributed by atoms with Gasteiger partial charge in [0.25, 0.3) is 0 Å². The average molecular weight is 296 g/mol. The number of carbonyl (C=O) groups is 2. The molecule has 2 fully saturated rings. The van der Waals surface area contributed by atoms with E-state index in [4.69, 9.17) is 9.90 Å². The highest BCUT2D eigenvalue weighted by Gasteiger charge is 2.30. The van der Waals surface area contributed by atoms with Gasteiger partial charge in [-0.05, 0) is 19.3 Å². The molecule has 1 amide bonds. The molecular weight excluding hydrogens is 277 g/mol. The minimum atomic E-state index is -5.19. The topological polar surface area (TPSA) is 77.0 Å². The van der Waals surface area contributed by atoms with E-state index < -0.39 is 12.1 Å². The number of quaternary nitrogens is 1. The third-order valence-corrected chi connectivity index (χ3v) is 3.42. The average Bonchev–Trinajstić information content (AvgIpc) is 2.92. The highest BCUT2D eigenvalue weighted by atomic mass is 19.4. The van der Waals surface area contributed by atoms with Crippen molar-refractivity contribution in [2.45, 2.75) is 31.9 Å². The molecule has 0 unspecified atom stereocenters. The first-order valence-electron chi connectivity index (χ1n) is 6.71. The van der Waals surface area contributed by atoms with Crippen molar-refractivity contribution < 1.29 is 33.2 Å². The molecule has 2 saturated heterocycles. The normalized spacial score (nSPS) is 22.9. The van der Waals surface area contributed by atoms with Crippen LogP contribution >= 0.6 is 0 Å². The Labute approximate surface area is 115 Å². The molecule has 1 atom stereocenters. The summed E-state index contributed by atoms with van der Waals surface area (Å²) in [4.78, 5) is 22.8. The fraction of sp³-hybridized carbons (Fsp3) is 0.833. The zero-order chi connectivity index (χ0) is 15.2. The van der Waals surface area contributed by atoms with Crippen LogP contribution in [0, 0.1) is 5.92 Å². The largest absolute Gasteiger partial charge is 0.542 e. The molecule has 2 rings (SSSR count). The van der Waals surface area contributed by atoms with Gasteiger partial charge in [0.2, 0.25) is 5.91 Å². The minimum absolute atomic E-state index is 0.332. The minimum Gasteiger partial charge on any atom is -0.542 e. The molecule has 0 saturated carbocycles. The molecular formula is C12H19F3N2O3. The molecule has 116 valence electrons. The van der Waals surface area contributed by atoms with Gasteiger partial charge in [0.15, 0.2) is 0 Å². The lowest BCUT2D eigenvalue weighted by molar-refractivity contribution is -0.637.